The van der Waals surface area contributed by atoms with Gasteiger partial charge in [0.25, 0.3) is 0 Å². The molecule has 6 rings (SSSR count). The molecule has 36 heavy (non-hydrogen) atoms. The van der Waals surface area contributed by atoms with Gasteiger partial charge in [-0.2, -0.15) is 0 Å². The van der Waals surface area contributed by atoms with Crippen LogP contribution in [0.15, 0.2) is 91.1 Å². The maximum absolute atomic E-state index is 5.01. The van der Waals surface area contributed by atoms with Crippen molar-refractivity contribution >= 4 is 50.5 Å². The maximum atomic E-state index is 5.01. The van der Waals surface area contributed by atoms with Crippen LogP contribution in [0.4, 0.5) is 0 Å². The summed E-state index contributed by atoms with van der Waals surface area (Å²) in [5.74, 6) is 12.5. The number of aromatic nitrogens is 1. The van der Waals surface area contributed by atoms with E-state index in [0.717, 1.165) is 0 Å². The van der Waals surface area contributed by atoms with Gasteiger partial charge in [-0.25, -0.2) is 0 Å². The summed E-state index contributed by atoms with van der Waals surface area (Å²) in [6, 6.07) is 32.2. The zero-order chi connectivity index (χ0) is 25.2. The summed E-state index contributed by atoms with van der Waals surface area (Å²) in [6.45, 7) is 2.22. The zero-order valence-corrected chi connectivity index (χ0v) is 26.3. The fourth-order valence-electron chi connectivity index (χ4n) is 5.95. The van der Waals surface area contributed by atoms with Crippen molar-refractivity contribution in [3.63, 3.8) is 0 Å². The first-order valence-corrected chi connectivity index (χ1v) is 26.5. The number of nitrogens with zero attached hydrogens (tertiary/aromatic N) is 1. The summed E-state index contributed by atoms with van der Waals surface area (Å²) >= 11 is -4.40. The van der Waals surface area contributed by atoms with Crippen molar-refractivity contribution in [2.75, 3.05) is 0 Å². The molecule has 0 N–H and O–H groups in total. The first-order valence-electron chi connectivity index (χ1n) is 12.9. The van der Waals surface area contributed by atoms with Crippen molar-refractivity contribution in [1.82, 2.24) is 4.98 Å². The molecular formula is C33H33Ge2N. The molecule has 2 heterocycles. The average molecular weight is 589 g/mol. The molecule has 0 saturated heterocycles. The number of aryl methyl sites for hydroxylation is 1. The number of hydrogen-bond donors (Lipinski definition) is 0. The third-order valence-electron chi connectivity index (χ3n) is 7.99. The van der Waals surface area contributed by atoms with E-state index >= 15 is 0 Å². The van der Waals surface area contributed by atoms with Crippen LogP contribution in [0.5, 0.6) is 0 Å². The van der Waals surface area contributed by atoms with Gasteiger partial charge >= 0.3 is 221 Å². The van der Waals surface area contributed by atoms with Gasteiger partial charge in [0.05, 0.1) is 0 Å². The Morgan fingerprint density at radius 2 is 1.42 bits per heavy atom. The van der Waals surface area contributed by atoms with Crippen LogP contribution in [0.2, 0.25) is 28.8 Å². The van der Waals surface area contributed by atoms with Crippen LogP contribution in [-0.2, 0) is 0 Å². The molecule has 1 nitrogen and oxygen atoms in total. The Kier molecular flexibility index (Phi) is 5.58. The summed E-state index contributed by atoms with van der Waals surface area (Å²) in [5, 5.41) is 2.61. The fraction of sp³-hybridized carbons (Fsp3) is 0.182. The first kappa shape index (κ1) is 23.8. The fourth-order valence-corrected chi connectivity index (χ4v) is 15.5. The molecule has 0 spiro atoms. The minimum absolute atomic E-state index is 1.19. The van der Waals surface area contributed by atoms with Crippen molar-refractivity contribution in [1.29, 1.82) is 0 Å². The van der Waals surface area contributed by atoms with E-state index in [-0.39, 0.29) is 0 Å². The predicted octanol–water partition coefficient (Wildman–Crippen LogP) is 7.23. The quantitative estimate of drug-likeness (QED) is 0.203. The molecule has 0 unspecified atom stereocenters. The molecule has 0 saturated carbocycles. The summed E-state index contributed by atoms with van der Waals surface area (Å²) in [5.41, 5.74) is 9.22. The van der Waals surface area contributed by atoms with Gasteiger partial charge in [0.1, 0.15) is 0 Å². The molecule has 5 aromatic rings. The molecule has 0 aliphatic carbocycles. The van der Waals surface area contributed by atoms with Gasteiger partial charge < -0.3 is 0 Å². The number of fused-ring (bicyclic) bond motifs is 4. The van der Waals surface area contributed by atoms with Crippen molar-refractivity contribution in [2.24, 2.45) is 0 Å². The Labute approximate surface area is 220 Å². The van der Waals surface area contributed by atoms with E-state index in [9.17, 15) is 0 Å². The number of rotatable bonds is 3. The van der Waals surface area contributed by atoms with Gasteiger partial charge in [-0.3, -0.25) is 0 Å². The Morgan fingerprint density at radius 3 is 2.17 bits per heavy atom. The Balaban J connectivity index is 1.48. The van der Waals surface area contributed by atoms with Crippen molar-refractivity contribution < 1.29 is 0 Å². The van der Waals surface area contributed by atoms with Gasteiger partial charge in [-0.05, 0) is 0 Å². The minimum atomic E-state index is -2.59. The average Bonchev–Trinajstić information content (AvgIpc) is 3.10. The molecule has 0 radical (unpaired) electrons. The van der Waals surface area contributed by atoms with E-state index in [1.807, 2.05) is 6.20 Å². The van der Waals surface area contributed by atoms with E-state index in [1.165, 1.54) is 54.2 Å². The van der Waals surface area contributed by atoms with E-state index in [1.54, 1.807) is 8.79 Å². The molecule has 178 valence electrons. The summed E-state index contributed by atoms with van der Waals surface area (Å²) in [4.78, 5) is 5.01. The molecular weight excluding hydrogens is 556 g/mol. The normalized spacial score (nSPS) is 14.1. The van der Waals surface area contributed by atoms with Crippen LogP contribution in [0.1, 0.15) is 5.56 Å². The van der Waals surface area contributed by atoms with E-state index in [2.05, 4.69) is 121 Å². The van der Waals surface area contributed by atoms with Crippen LogP contribution >= 0.6 is 0 Å². The van der Waals surface area contributed by atoms with Crippen LogP contribution in [-0.4, -0.2) is 31.5 Å². The van der Waals surface area contributed by atoms with Crippen LogP contribution in [0.3, 0.4) is 0 Å². The van der Waals surface area contributed by atoms with E-state index in [0.29, 0.717) is 0 Å². The molecule has 0 fully saturated rings. The van der Waals surface area contributed by atoms with Gasteiger partial charge in [0.2, 0.25) is 0 Å². The second-order valence-corrected chi connectivity index (χ2v) is 31.5. The number of pyridine rings is 1. The molecule has 0 atom stereocenters. The third kappa shape index (κ3) is 3.79. The molecule has 1 aliphatic heterocycles. The van der Waals surface area contributed by atoms with Crippen LogP contribution in [0, 0.1) is 6.92 Å². The topological polar surface area (TPSA) is 12.9 Å². The predicted molar refractivity (Wildman–Crippen MR) is 163 cm³/mol. The van der Waals surface area contributed by atoms with E-state index in [4.69, 9.17) is 4.98 Å². The number of hydrogen-bond acceptors (Lipinski definition) is 1. The molecule has 1 aliphatic rings. The van der Waals surface area contributed by atoms with Crippen molar-refractivity contribution in [2.45, 2.75) is 35.7 Å². The summed E-state index contributed by atoms with van der Waals surface area (Å²) < 4.78 is 4.66. The summed E-state index contributed by atoms with van der Waals surface area (Å²) in [7, 11) is 0. The van der Waals surface area contributed by atoms with Crippen molar-refractivity contribution in [3.05, 3.63) is 96.7 Å². The van der Waals surface area contributed by atoms with Crippen LogP contribution < -0.4 is 13.2 Å². The summed E-state index contributed by atoms with van der Waals surface area (Å²) in [6.07, 6.45) is 2.01. The third-order valence-corrected chi connectivity index (χ3v) is 19.7. The standard InChI is InChI=1S/C33H33Ge2N/c1-22-19-26(20-25-9-7-8-10-28(22)25)33-32-30(17-18-36-33)29-16-13-24(21-31(29)35(32,5)6)23-11-14-27(15-12-23)34(2,3)4/h7-21H,1-6H3. The van der Waals surface area contributed by atoms with Crippen molar-refractivity contribution in [3.8, 4) is 33.5 Å². The van der Waals surface area contributed by atoms with Gasteiger partial charge in [-0.1, -0.05) is 0 Å². The zero-order valence-electron chi connectivity index (χ0n) is 22.1. The molecule has 0 amide bonds. The second kappa shape index (κ2) is 8.46. The van der Waals surface area contributed by atoms with Gasteiger partial charge in [0.15, 0.2) is 0 Å². The number of benzene rings is 4. The molecule has 4 aromatic carbocycles. The molecule has 3 heteroatoms. The monoisotopic (exact) mass is 591 g/mol. The Morgan fingerprint density at radius 1 is 0.694 bits per heavy atom. The SMILES string of the molecule is Cc1cc(-c2nccc3[c]2[Ge]([CH3])([CH3])[c]2cc(-c4cc[c]([Ge]([CH3])([CH3])[CH3])cc4)ccc2-3)cc2ccccc12. The second-order valence-electron chi connectivity index (χ2n) is 11.8. The van der Waals surface area contributed by atoms with Gasteiger partial charge in [-0.15, -0.1) is 0 Å². The van der Waals surface area contributed by atoms with Crippen LogP contribution in [0.25, 0.3) is 44.3 Å². The Bertz CT molecular complexity index is 1640. The molecule has 0 bridgehead atoms. The Hall–Kier alpha value is -2.62. The van der Waals surface area contributed by atoms with E-state index < -0.39 is 26.5 Å². The first-order chi connectivity index (χ1) is 17.1. The van der Waals surface area contributed by atoms with Gasteiger partial charge in [0, 0.05) is 0 Å². The molecule has 1 aromatic heterocycles.